The summed E-state index contributed by atoms with van der Waals surface area (Å²) in [6.45, 7) is 6.92. The molecule has 2 rings (SSSR count). The van der Waals surface area contributed by atoms with Gasteiger partial charge in [-0.3, -0.25) is 4.90 Å². The highest BCUT2D eigenvalue weighted by atomic mass is 19.3. The van der Waals surface area contributed by atoms with E-state index < -0.39 is 6.43 Å². The van der Waals surface area contributed by atoms with E-state index in [-0.39, 0.29) is 17.0 Å². The van der Waals surface area contributed by atoms with Gasteiger partial charge in [-0.25, -0.2) is 8.78 Å². The van der Waals surface area contributed by atoms with Gasteiger partial charge in [-0.1, -0.05) is 32.0 Å². The molecule has 0 aliphatic carbocycles. The number of likely N-dealkylation sites (tertiary alicyclic amines) is 1. The first-order chi connectivity index (χ1) is 9.43. The van der Waals surface area contributed by atoms with Crippen LogP contribution in [0.2, 0.25) is 0 Å². The van der Waals surface area contributed by atoms with Gasteiger partial charge < -0.3 is 5.73 Å². The van der Waals surface area contributed by atoms with Crippen molar-refractivity contribution in [3.05, 3.63) is 35.4 Å². The van der Waals surface area contributed by atoms with Crippen molar-refractivity contribution in [3.8, 4) is 0 Å². The predicted molar refractivity (Wildman–Crippen MR) is 77.8 cm³/mol. The van der Waals surface area contributed by atoms with E-state index in [9.17, 15) is 8.78 Å². The van der Waals surface area contributed by atoms with Gasteiger partial charge in [-0.15, -0.1) is 0 Å². The molecule has 1 heterocycles. The standard InChI is InChI=1S/C16H24F2N2/c1-16(2)7-4-8-20(11-16)14(10-19)12-5-3-6-13(9-12)15(17)18/h3,5-6,9,14-15H,4,7-8,10-11,19H2,1-2H3. The van der Waals surface area contributed by atoms with E-state index in [1.54, 1.807) is 12.1 Å². The lowest BCUT2D eigenvalue weighted by molar-refractivity contribution is 0.0804. The second-order valence-electron chi connectivity index (χ2n) is 6.46. The highest BCUT2D eigenvalue weighted by molar-refractivity contribution is 5.27. The third-order valence-corrected chi connectivity index (χ3v) is 4.14. The molecular formula is C16H24F2N2. The Morgan fingerprint density at radius 3 is 2.60 bits per heavy atom. The number of alkyl halides is 2. The highest BCUT2D eigenvalue weighted by Crippen LogP contribution is 2.34. The van der Waals surface area contributed by atoms with Crippen molar-refractivity contribution in [2.75, 3.05) is 19.6 Å². The van der Waals surface area contributed by atoms with Crippen LogP contribution in [0.3, 0.4) is 0 Å². The topological polar surface area (TPSA) is 29.3 Å². The van der Waals surface area contributed by atoms with Crippen molar-refractivity contribution in [1.29, 1.82) is 0 Å². The van der Waals surface area contributed by atoms with Crippen molar-refractivity contribution >= 4 is 0 Å². The molecule has 0 radical (unpaired) electrons. The molecule has 20 heavy (non-hydrogen) atoms. The van der Waals surface area contributed by atoms with E-state index in [2.05, 4.69) is 18.7 Å². The van der Waals surface area contributed by atoms with E-state index >= 15 is 0 Å². The lowest BCUT2D eigenvalue weighted by atomic mass is 9.83. The molecule has 1 aromatic carbocycles. The molecule has 112 valence electrons. The highest BCUT2D eigenvalue weighted by Gasteiger charge is 2.30. The lowest BCUT2D eigenvalue weighted by Crippen LogP contribution is -2.44. The summed E-state index contributed by atoms with van der Waals surface area (Å²) in [6, 6.07) is 6.72. The minimum absolute atomic E-state index is 0.0354. The van der Waals surface area contributed by atoms with Gasteiger partial charge in [0.15, 0.2) is 0 Å². The summed E-state index contributed by atoms with van der Waals surface area (Å²) in [5.41, 5.74) is 7.18. The second kappa shape index (κ2) is 6.19. The Bertz CT molecular complexity index is 446. The molecule has 0 saturated carbocycles. The maximum atomic E-state index is 12.8. The van der Waals surface area contributed by atoms with Gasteiger partial charge in [0.1, 0.15) is 0 Å². The second-order valence-corrected chi connectivity index (χ2v) is 6.46. The van der Waals surface area contributed by atoms with Gasteiger partial charge in [0, 0.05) is 24.7 Å². The maximum Gasteiger partial charge on any atom is 0.263 e. The number of nitrogens with zero attached hydrogens (tertiary/aromatic N) is 1. The van der Waals surface area contributed by atoms with Crippen molar-refractivity contribution in [1.82, 2.24) is 4.90 Å². The minimum atomic E-state index is -2.42. The van der Waals surface area contributed by atoms with Crippen molar-refractivity contribution in [2.24, 2.45) is 11.1 Å². The van der Waals surface area contributed by atoms with E-state index in [1.165, 1.54) is 12.5 Å². The van der Waals surface area contributed by atoms with Gasteiger partial charge in [-0.2, -0.15) is 0 Å². The summed E-state index contributed by atoms with van der Waals surface area (Å²) >= 11 is 0. The first kappa shape index (κ1) is 15.4. The molecular weight excluding hydrogens is 258 g/mol. The zero-order chi connectivity index (χ0) is 14.8. The molecule has 0 aromatic heterocycles. The quantitative estimate of drug-likeness (QED) is 0.911. The SMILES string of the molecule is CC1(C)CCCN(C(CN)c2cccc(C(F)F)c2)C1. The van der Waals surface area contributed by atoms with Crippen LogP contribution in [0.15, 0.2) is 24.3 Å². The Morgan fingerprint density at radius 1 is 1.30 bits per heavy atom. The molecule has 0 amide bonds. The van der Waals surface area contributed by atoms with Crippen LogP contribution in [-0.2, 0) is 0 Å². The van der Waals surface area contributed by atoms with E-state index in [0.29, 0.717) is 6.54 Å². The molecule has 0 spiro atoms. The number of hydrogen-bond acceptors (Lipinski definition) is 2. The normalized spacial score (nSPS) is 21.1. The van der Waals surface area contributed by atoms with Crippen molar-refractivity contribution in [3.63, 3.8) is 0 Å². The third kappa shape index (κ3) is 3.55. The maximum absolute atomic E-state index is 12.8. The van der Waals surface area contributed by atoms with Crippen LogP contribution in [0.1, 0.15) is 50.3 Å². The summed E-state index contributed by atoms with van der Waals surface area (Å²) in [6.07, 6.45) is -0.0817. The molecule has 1 atom stereocenters. The lowest BCUT2D eigenvalue weighted by Gasteiger charge is -2.42. The third-order valence-electron chi connectivity index (χ3n) is 4.14. The van der Waals surface area contributed by atoms with Crippen LogP contribution in [0.4, 0.5) is 8.78 Å². The number of rotatable bonds is 4. The van der Waals surface area contributed by atoms with Crippen LogP contribution < -0.4 is 5.73 Å². The number of benzene rings is 1. The minimum Gasteiger partial charge on any atom is -0.329 e. The van der Waals surface area contributed by atoms with Crippen molar-refractivity contribution in [2.45, 2.75) is 39.2 Å². The number of halogens is 2. The van der Waals surface area contributed by atoms with Crippen molar-refractivity contribution < 1.29 is 8.78 Å². The van der Waals surface area contributed by atoms with Gasteiger partial charge in [0.2, 0.25) is 0 Å². The Hall–Kier alpha value is -1.00. The van der Waals surface area contributed by atoms with Crippen LogP contribution in [0.5, 0.6) is 0 Å². The Kier molecular flexibility index (Phi) is 4.76. The fraction of sp³-hybridized carbons (Fsp3) is 0.625. The molecule has 1 saturated heterocycles. The molecule has 2 N–H and O–H groups in total. The van der Waals surface area contributed by atoms with Gasteiger partial charge in [0.05, 0.1) is 0 Å². The molecule has 1 aromatic rings. The summed E-state index contributed by atoms with van der Waals surface area (Å²) in [7, 11) is 0. The number of nitrogens with two attached hydrogens (primary N) is 1. The monoisotopic (exact) mass is 282 g/mol. The molecule has 1 aliphatic rings. The van der Waals surface area contributed by atoms with E-state index in [1.807, 2.05) is 6.07 Å². The van der Waals surface area contributed by atoms with E-state index in [0.717, 1.165) is 25.1 Å². The van der Waals surface area contributed by atoms with Gasteiger partial charge in [0.25, 0.3) is 6.43 Å². The Labute approximate surface area is 120 Å². The van der Waals surface area contributed by atoms with Crippen LogP contribution >= 0.6 is 0 Å². The zero-order valence-electron chi connectivity index (χ0n) is 12.3. The number of piperidine rings is 1. The summed E-state index contributed by atoms with van der Waals surface area (Å²) in [4.78, 5) is 2.34. The predicted octanol–water partition coefficient (Wildman–Crippen LogP) is 3.75. The number of hydrogen-bond donors (Lipinski definition) is 1. The summed E-state index contributed by atoms with van der Waals surface area (Å²) < 4.78 is 25.7. The van der Waals surface area contributed by atoms with Crippen LogP contribution in [-0.4, -0.2) is 24.5 Å². The Morgan fingerprint density at radius 2 is 2.00 bits per heavy atom. The van der Waals surface area contributed by atoms with Gasteiger partial charge >= 0.3 is 0 Å². The smallest absolute Gasteiger partial charge is 0.263 e. The largest absolute Gasteiger partial charge is 0.329 e. The summed E-state index contributed by atoms with van der Waals surface area (Å²) in [5, 5.41) is 0. The first-order valence-corrected chi connectivity index (χ1v) is 7.25. The first-order valence-electron chi connectivity index (χ1n) is 7.25. The van der Waals surface area contributed by atoms with E-state index in [4.69, 9.17) is 5.73 Å². The van der Waals surface area contributed by atoms with Crippen LogP contribution in [0.25, 0.3) is 0 Å². The molecule has 1 aliphatic heterocycles. The molecule has 4 heteroatoms. The van der Waals surface area contributed by atoms with Crippen LogP contribution in [0, 0.1) is 5.41 Å². The fourth-order valence-electron chi connectivity index (χ4n) is 3.13. The fourth-order valence-corrected chi connectivity index (χ4v) is 3.13. The van der Waals surface area contributed by atoms with Gasteiger partial charge in [-0.05, 0) is 36.4 Å². The molecule has 2 nitrogen and oxygen atoms in total. The molecule has 0 bridgehead atoms. The Balaban J connectivity index is 2.21. The molecule has 1 fully saturated rings. The summed E-state index contributed by atoms with van der Waals surface area (Å²) in [5.74, 6) is 0. The zero-order valence-corrected chi connectivity index (χ0v) is 12.3. The average molecular weight is 282 g/mol. The average Bonchev–Trinajstić information content (AvgIpc) is 2.39. The molecule has 1 unspecified atom stereocenters.